The first-order valence-electron chi connectivity index (χ1n) is 12.3. The van der Waals surface area contributed by atoms with Gasteiger partial charge in [0.25, 0.3) is 0 Å². The maximum atomic E-state index is 14.1. The van der Waals surface area contributed by atoms with Crippen LogP contribution in [0.5, 0.6) is 17.2 Å². The molecule has 2 aromatic carbocycles. The van der Waals surface area contributed by atoms with E-state index in [1.54, 1.807) is 6.92 Å². The van der Waals surface area contributed by atoms with Crippen molar-refractivity contribution >= 4 is 23.0 Å². The Hall–Kier alpha value is -3.03. The van der Waals surface area contributed by atoms with Crippen molar-refractivity contribution < 1.29 is 28.2 Å². The van der Waals surface area contributed by atoms with E-state index >= 15 is 0 Å². The molecule has 0 saturated heterocycles. The van der Waals surface area contributed by atoms with Gasteiger partial charge in [-0.05, 0) is 38.0 Å². The van der Waals surface area contributed by atoms with Crippen LogP contribution < -0.4 is 24.8 Å². The van der Waals surface area contributed by atoms with E-state index in [-0.39, 0.29) is 17.2 Å². The fraction of sp³-hybridized carbons (Fsp3) is 0.538. The average molecular weight is 477 g/mol. The van der Waals surface area contributed by atoms with Crippen molar-refractivity contribution in [3.63, 3.8) is 0 Å². The van der Waals surface area contributed by atoms with Gasteiger partial charge in [-0.15, -0.1) is 0 Å². The fourth-order valence-corrected chi connectivity index (χ4v) is 3.52. The third-order valence-corrected chi connectivity index (χ3v) is 5.27. The zero-order chi connectivity index (χ0) is 24.8. The molecule has 0 unspecified atom stereocenters. The van der Waals surface area contributed by atoms with E-state index in [1.165, 1.54) is 24.3 Å². The van der Waals surface area contributed by atoms with Crippen LogP contribution in [-0.2, 0) is 0 Å². The Morgan fingerprint density at radius 2 is 1.38 bits per heavy atom. The molecule has 0 radical (unpaired) electrons. The summed E-state index contributed by atoms with van der Waals surface area (Å²) < 4.78 is 30.8. The van der Waals surface area contributed by atoms with Crippen molar-refractivity contribution in [2.45, 2.75) is 72.1 Å². The van der Waals surface area contributed by atoms with Crippen LogP contribution in [-0.4, -0.2) is 31.9 Å². The van der Waals surface area contributed by atoms with Gasteiger partial charge in [0.2, 0.25) is 0 Å². The third kappa shape index (κ3) is 8.72. The zero-order valence-electron chi connectivity index (χ0n) is 20.5. The van der Waals surface area contributed by atoms with Crippen molar-refractivity contribution in [2.75, 3.05) is 19.7 Å². The van der Waals surface area contributed by atoms with Gasteiger partial charge >= 0.3 is 12.2 Å². The zero-order valence-corrected chi connectivity index (χ0v) is 20.5. The molecule has 0 atom stereocenters. The molecule has 7 nitrogen and oxygen atoms in total. The van der Waals surface area contributed by atoms with Crippen molar-refractivity contribution in [3.8, 4) is 17.2 Å². The number of ether oxygens (including phenoxy) is 3. The lowest BCUT2D eigenvalue weighted by molar-refractivity contribution is 0.196. The molecule has 2 N–H and O–H groups in total. The molecule has 0 spiro atoms. The molecule has 0 aliphatic carbocycles. The molecule has 188 valence electrons. The van der Waals surface area contributed by atoms with Crippen LogP contribution in [0, 0.1) is 5.82 Å². The first-order chi connectivity index (χ1) is 16.5. The van der Waals surface area contributed by atoms with Crippen LogP contribution in [0.1, 0.15) is 72.1 Å². The summed E-state index contributed by atoms with van der Waals surface area (Å²) in [5, 5.41) is 6.15. The standard InChI is InChI=1S/C26H37FN2O5/c1-4-7-9-11-15-28-25(30)33-22-18-23(32-6-3)24(20-14-13-19(27)17-21(20)22)34-26(31)29-16-12-10-8-5-2/h13-14,17-18H,4-12,15-16H2,1-3H3,(H,28,30)(H,29,31). The number of rotatable bonds is 14. The number of fused-ring (bicyclic) bond motifs is 1. The second-order valence-electron chi connectivity index (χ2n) is 8.08. The summed E-state index contributed by atoms with van der Waals surface area (Å²) in [7, 11) is 0. The minimum Gasteiger partial charge on any atom is -0.490 e. The smallest absolute Gasteiger partial charge is 0.412 e. The van der Waals surface area contributed by atoms with Crippen LogP contribution in [0.15, 0.2) is 24.3 Å². The highest BCUT2D eigenvalue weighted by molar-refractivity contribution is 5.98. The van der Waals surface area contributed by atoms with Crippen molar-refractivity contribution in [3.05, 3.63) is 30.1 Å². The second-order valence-corrected chi connectivity index (χ2v) is 8.08. The Kier molecular flexibility index (Phi) is 12.0. The minimum atomic E-state index is -0.636. The Morgan fingerprint density at radius 1 is 0.765 bits per heavy atom. The van der Waals surface area contributed by atoms with E-state index in [0.29, 0.717) is 30.5 Å². The average Bonchev–Trinajstić information content (AvgIpc) is 2.81. The molecule has 2 aromatic rings. The summed E-state index contributed by atoms with van der Waals surface area (Å²) in [4.78, 5) is 24.7. The fourth-order valence-electron chi connectivity index (χ4n) is 3.52. The number of hydrogen-bond donors (Lipinski definition) is 2. The number of hydrogen-bond acceptors (Lipinski definition) is 5. The lowest BCUT2D eigenvalue weighted by atomic mass is 10.1. The van der Waals surface area contributed by atoms with Crippen molar-refractivity contribution in [1.82, 2.24) is 10.6 Å². The first kappa shape index (κ1) is 27.2. The van der Waals surface area contributed by atoms with Gasteiger partial charge in [-0.3, -0.25) is 0 Å². The van der Waals surface area contributed by atoms with Gasteiger partial charge < -0.3 is 24.8 Å². The molecule has 0 saturated carbocycles. The molecule has 0 heterocycles. The predicted octanol–water partition coefficient (Wildman–Crippen LogP) is 6.72. The SMILES string of the molecule is CCCCCCNC(=O)Oc1cc(OCC)c(OC(=O)NCCCCCC)c2ccc(F)cc12. The van der Waals surface area contributed by atoms with Gasteiger partial charge in [0, 0.05) is 29.9 Å². The molecule has 0 aliphatic heterocycles. The quantitative estimate of drug-likeness (QED) is 0.296. The Balaban J connectivity index is 2.22. The molecule has 8 heteroatoms. The van der Waals surface area contributed by atoms with Crippen molar-refractivity contribution in [2.24, 2.45) is 0 Å². The normalized spacial score (nSPS) is 10.7. The first-order valence-corrected chi connectivity index (χ1v) is 12.3. The summed E-state index contributed by atoms with van der Waals surface area (Å²) in [6.07, 6.45) is 6.91. The highest BCUT2D eigenvalue weighted by atomic mass is 19.1. The summed E-state index contributed by atoms with van der Waals surface area (Å²) in [5.41, 5.74) is 0. The molecule has 2 rings (SSSR count). The maximum Gasteiger partial charge on any atom is 0.412 e. The van der Waals surface area contributed by atoms with Crippen LogP contribution in [0.4, 0.5) is 14.0 Å². The summed E-state index contributed by atoms with van der Waals surface area (Å²) in [5.74, 6) is -0.00661. The van der Waals surface area contributed by atoms with Gasteiger partial charge in [0.05, 0.1) is 6.61 Å². The number of carbonyl (C=O) groups is 2. The minimum absolute atomic E-state index is 0.122. The van der Waals surface area contributed by atoms with Gasteiger partial charge in [-0.25, -0.2) is 14.0 Å². The van der Waals surface area contributed by atoms with Crippen LogP contribution in [0.2, 0.25) is 0 Å². The predicted molar refractivity (Wildman–Crippen MR) is 131 cm³/mol. The van der Waals surface area contributed by atoms with Crippen molar-refractivity contribution in [1.29, 1.82) is 0 Å². The van der Waals surface area contributed by atoms with Gasteiger partial charge in [0.15, 0.2) is 11.5 Å². The molecule has 0 aromatic heterocycles. The highest BCUT2D eigenvalue weighted by Crippen LogP contribution is 2.42. The Morgan fingerprint density at radius 3 is 1.97 bits per heavy atom. The number of nitrogens with one attached hydrogen (secondary N) is 2. The highest BCUT2D eigenvalue weighted by Gasteiger charge is 2.20. The maximum absolute atomic E-state index is 14.1. The van der Waals surface area contributed by atoms with E-state index in [4.69, 9.17) is 14.2 Å². The van der Waals surface area contributed by atoms with Gasteiger partial charge in [0.1, 0.15) is 11.6 Å². The monoisotopic (exact) mass is 476 g/mol. The lowest BCUT2D eigenvalue weighted by Crippen LogP contribution is -2.28. The number of benzene rings is 2. The molecule has 0 aliphatic rings. The third-order valence-electron chi connectivity index (χ3n) is 5.27. The van der Waals surface area contributed by atoms with Gasteiger partial charge in [-0.2, -0.15) is 0 Å². The number of unbranched alkanes of at least 4 members (excludes halogenated alkanes) is 6. The van der Waals surface area contributed by atoms with E-state index in [2.05, 4.69) is 24.5 Å². The van der Waals surface area contributed by atoms with E-state index in [1.807, 2.05) is 0 Å². The van der Waals surface area contributed by atoms with E-state index in [0.717, 1.165) is 51.4 Å². The molecular weight excluding hydrogens is 439 g/mol. The van der Waals surface area contributed by atoms with Crippen LogP contribution >= 0.6 is 0 Å². The molecule has 0 fully saturated rings. The number of amides is 2. The Labute approximate surface area is 201 Å². The summed E-state index contributed by atoms with van der Waals surface area (Å²) in [6, 6.07) is 5.42. The largest absolute Gasteiger partial charge is 0.490 e. The number of carbonyl (C=O) groups excluding carboxylic acids is 2. The molecule has 0 bridgehead atoms. The second kappa shape index (κ2) is 15.0. The lowest BCUT2D eigenvalue weighted by Gasteiger charge is -2.17. The topological polar surface area (TPSA) is 85.9 Å². The number of halogens is 1. The molecule has 34 heavy (non-hydrogen) atoms. The molecular formula is C26H37FN2O5. The van der Waals surface area contributed by atoms with Crippen LogP contribution in [0.25, 0.3) is 10.8 Å². The Bertz CT molecular complexity index is 935. The molecule has 2 amide bonds. The van der Waals surface area contributed by atoms with E-state index < -0.39 is 18.0 Å². The summed E-state index contributed by atoms with van der Waals surface area (Å²) >= 11 is 0. The summed E-state index contributed by atoms with van der Waals surface area (Å²) in [6.45, 7) is 7.31. The van der Waals surface area contributed by atoms with Crippen LogP contribution in [0.3, 0.4) is 0 Å². The van der Waals surface area contributed by atoms with Gasteiger partial charge in [-0.1, -0.05) is 52.4 Å². The van der Waals surface area contributed by atoms with E-state index in [9.17, 15) is 14.0 Å².